The van der Waals surface area contributed by atoms with E-state index < -0.39 is 35.2 Å². The van der Waals surface area contributed by atoms with Gasteiger partial charge >= 0.3 is 35.2 Å². The molecule has 0 radical (unpaired) electrons. The van der Waals surface area contributed by atoms with Gasteiger partial charge in [0, 0.05) is 114 Å². The highest BCUT2D eigenvalue weighted by atomic mass is 33.7. The second-order valence-corrected chi connectivity index (χ2v) is 28.3. The molecule has 2 atom stereocenters. The van der Waals surface area contributed by atoms with Crippen molar-refractivity contribution in [3.05, 3.63) is 0 Å². The monoisotopic (exact) mass is 890 g/mol. The van der Waals surface area contributed by atoms with E-state index in [2.05, 4.69) is 0 Å². The molecule has 0 heterocycles. The Morgan fingerprint density at radius 2 is 0.538 bits per heavy atom. The lowest BCUT2D eigenvalue weighted by molar-refractivity contribution is 0.0566. The molecule has 12 nitrogen and oxygen atoms in total. The minimum atomic E-state index is -3.05. The molecule has 0 saturated heterocycles. The first-order valence-electron chi connectivity index (χ1n) is 19.4. The average Bonchev–Trinajstić information content (AvgIpc) is 3.10. The van der Waals surface area contributed by atoms with E-state index in [-0.39, 0.29) is 11.1 Å². The molecule has 0 aromatic heterocycles. The first kappa shape index (κ1) is 53.8. The molecule has 0 N–H and O–H groups in total. The zero-order valence-electron chi connectivity index (χ0n) is 34.4. The Balaban J connectivity index is 6.10. The molecule has 0 bridgehead atoms. The molecule has 2 unspecified atom stereocenters. The molecule has 0 aromatic rings. The van der Waals surface area contributed by atoms with Crippen LogP contribution in [0.4, 0.5) is 0 Å². The molecule has 0 saturated carbocycles. The van der Waals surface area contributed by atoms with Crippen LogP contribution < -0.4 is 0 Å². The second-order valence-electron chi connectivity index (χ2n) is 10.9. The van der Waals surface area contributed by atoms with Crippen LogP contribution in [-0.2, 0) is 53.1 Å². The Labute approximate surface area is 337 Å². The summed E-state index contributed by atoms with van der Waals surface area (Å²) in [5, 5.41) is 0. The molecule has 314 valence electrons. The standard InChI is InChI=1S/C32H74O12S4Si4/c1-13-33-49(34-14-2,35-15-3)27-25-31(51(39-19-7,40-20-8)41-21-9)29-45-47-48-46-30-32(52(42-22-10,43-23-11)44-24-12)26-28-50(36-16-4,37-17-5)38-18-6/h31-32H,13-30H2,1-12H3. The quantitative estimate of drug-likeness (QED) is 0.0332. The van der Waals surface area contributed by atoms with E-state index in [4.69, 9.17) is 53.1 Å². The molecule has 0 fully saturated rings. The third kappa shape index (κ3) is 19.5. The number of hydrogen-bond donors (Lipinski definition) is 0. The van der Waals surface area contributed by atoms with Crippen molar-refractivity contribution in [2.24, 2.45) is 0 Å². The highest BCUT2D eigenvalue weighted by molar-refractivity contribution is 9.26. The third-order valence-electron chi connectivity index (χ3n) is 7.52. The van der Waals surface area contributed by atoms with Gasteiger partial charge < -0.3 is 53.1 Å². The maximum Gasteiger partial charge on any atom is 0.505 e. The van der Waals surface area contributed by atoms with Crippen molar-refractivity contribution in [2.75, 3.05) is 90.8 Å². The van der Waals surface area contributed by atoms with Gasteiger partial charge in [-0.1, -0.05) is 21.6 Å². The minimum absolute atomic E-state index is 0.0270. The largest absolute Gasteiger partial charge is 0.505 e. The lowest BCUT2D eigenvalue weighted by atomic mass is 10.4. The fourth-order valence-electron chi connectivity index (χ4n) is 5.85. The Morgan fingerprint density at radius 3 is 0.731 bits per heavy atom. The van der Waals surface area contributed by atoms with Crippen molar-refractivity contribution in [2.45, 2.75) is 119 Å². The van der Waals surface area contributed by atoms with Crippen molar-refractivity contribution in [1.82, 2.24) is 0 Å². The Bertz CT molecular complexity index is 705. The van der Waals surface area contributed by atoms with Crippen molar-refractivity contribution in [3.63, 3.8) is 0 Å². The predicted molar refractivity (Wildman–Crippen MR) is 229 cm³/mol. The van der Waals surface area contributed by atoms with Crippen molar-refractivity contribution in [3.8, 4) is 0 Å². The summed E-state index contributed by atoms with van der Waals surface area (Å²) in [4.78, 5) is 0. The van der Waals surface area contributed by atoms with Crippen molar-refractivity contribution in [1.29, 1.82) is 0 Å². The molecular weight excluding hydrogens is 817 g/mol. The summed E-state index contributed by atoms with van der Waals surface area (Å²) >= 11 is 0. The Morgan fingerprint density at radius 1 is 0.327 bits per heavy atom. The summed E-state index contributed by atoms with van der Waals surface area (Å²) in [6, 6.07) is 1.33. The van der Waals surface area contributed by atoms with Crippen molar-refractivity contribution >= 4 is 76.5 Å². The van der Waals surface area contributed by atoms with E-state index in [0.29, 0.717) is 91.4 Å². The third-order valence-corrected chi connectivity index (χ3v) is 28.0. The molecule has 0 amide bonds. The number of hydrogen-bond acceptors (Lipinski definition) is 16. The van der Waals surface area contributed by atoms with Gasteiger partial charge in [-0.15, -0.1) is 0 Å². The van der Waals surface area contributed by atoms with Gasteiger partial charge in [0.25, 0.3) is 0 Å². The first-order chi connectivity index (χ1) is 25.1. The highest BCUT2D eigenvalue weighted by Crippen LogP contribution is 2.49. The zero-order valence-corrected chi connectivity index (χ0v) is 41.7. The van der Waals surface area contributed by atoms with Gasteiger partial charge in [-0.25, -0.2) is 0 Å². The number of rotatable bonds is 39. The minimum Gasteiger partial charge on any atom is -0.374 e. The van der Waals surface area contributed by atoms with E-state index >= 15 is 0 Å². The van der Waals surface area contributed by atoms with Crippen molar-refractivity contribution < 1.29 is 53.1 Å². The molecule has 0 aliphatic carbocycles. The summed E-state index contributed by atoms with van der Waals surface area (Å²) in [6.45, 7) is 30.2. The van der Waals surface area contributed by atoms with Crippen LogP contribution in [0.1, 0.15) is 95.9 Å². The second kappa shape index (κ2) is 32.7. The zero-order chi connectivity index (χ0) is 39.2. The maximum atomic E-state index is 6.43. The summed E-state index contributed by atoms with van der Waals surface area (Å²) in [6.07, 6.45) is 1.50. The van der Waals surface area contributed by atoms with Gasteiger partial charge in [0.05, 0.1) is 0 Å². The van der Waals surface area contributed by atoms with Crippen LogP contribution in [0.15, 0.2) is 0 Å². The molecule has 52 heavy (non-hydrogen) atoms. The lowest BCUT2D eigenvalue weighted by Crippen LogP contribution is -2.53. The fraction of sp³-hybridized carbons (Fsp3) is 1.00. The predicted octanol–water partition coefficient (Wildman–Crippen LogP) is 9.38. The highest BCUT2D eigenvalue weighted by Gasteiger charge is 2.53. The first-order valence-corrected chi connectivity index (χ1v) is 32.0. The van der Waals surface area contributed by atoms with Crippen LogP contribution >= 0.6 is 41.2 Å². The summed E-state index contributed by atoms with van der Waals surface area (Å²) in [7, 11) is -4.77. The van der Waals surface area contributed by atoms with Crippen LogP contribution in [0.3, 0.4) is 0 Å². The van der Waals surface area contributed by atoms with Crippen LogP contribution in [0, 0.1) is 0 Å². The maximum absolute atomic E-state index is 6.43. The van der Waals surface area contributed by atoms with Crippen LogP contribution in [0.5, 0.6) is 0 Å². The van der Waals surface area contributed by atoms with Gasteiger partial charge in [-0.05, 0) is 116 Å². The van der Waals surface area contributed by atoms with Crippen LogP contribution in [0.25, 0.3) is 0 Å². The normalized spacial score (nSPS) is 14.3. The van der Waals surface area contributed by atoms with Gasteiger partial charge in [-0.3, -0.25) is 0 Å². The van der Waals surface area contributed by atoms with E-state index in [0.717, 1.165) is 24.3 Å². The molecule has 0 rings (SSSR count). The molecular formula is C32H74O12S4Si4. The van der Waals surface area contributed by atoms with Gasteiger partial charge in [-0.2, -0.15) is 0 Å². The smallest absolute Gasteiger partial charge is 0.374 e. The summed E-state index contributed by atoms with van der Waals surface area (Å²) in [5.74, 6) is 1.56. The molecule has 0 aromatic carbocycles. The lowest BCUT2D eigenvalue weighted by Gasteiger charge is -2.37. The van der Waals surface area contributed by atoms with E-state index in [1.165, 1.54) is 0 Å². The fourth-order valence-corrected chi connectivity index (χ4v) is 26.3. The SMILES string of the molecule is CCO[Si](CCC(CSSSSCC(CC[Si](OCC)(OCC)OCC)[Si](OCC)(OCC)OCC)[Si](OCC)(OCC)OCC)(OCC)OCC. The molecule has 0 spiro atoms. The van der Waals surface area contributed by atoms with E-state index in [1.54, 1.807) is 41.2 Å². The average molecular weight is 892 g/mol. The van der Waals surface area contributed by atoms with E-state index in [9.17, 15) is 0 Å². The molecule has 20 heteroatoms. The van der Waals surface area contributed by atoms with E-state index in [1.807, 2.05) is 83.1 Å². The Hall–Kier alpha value is 1.79. The summed E-state index contributed by atoms with van der Waals surface area (Å²) in [5.41, 5.74) is 0.0540. The van der Waals surface area contributed by atoms with Gasteiger partial charge in [0.15, 0.2) is 0 Å². The van der Waals surface area contributed by atoms with Crippen LogP contribution in [0.2, 0.25) is 23.2 Å². The molecule has 0 aliphatic rings. The topological polar surface area (TPSA) is 111 Å². The van der Waals surface area contributed by atoms with Crippen LogP contribution in [-0.4, -0.2) is 126 Å². The Kier molecular flexibility index (Phi) is 33.8. The van der Waals surface area contributed by atoms with Gasteiger partial charge in [0.2, 0.25) is 0 Å². The summed E-state index contributed by atoms with van der Waals surface area (Å²) < 4.78 is 75.9. The van der Waals surface area contributed by atoms with Gasteiger partial charge in [0.1, 0.15) is 0 Å². The molecule has 0 aliphatic heterocycles.